The van der Waals surface area contributed by atoms with Crippen molar-refractivity contribution >= 4 is 17.3 Å². The quantitative estimate of drug-likeness (QED) is 0.813. The number of nitrogens with two attached hydrogens (primary N) is 1. The second kappa shape index (κ2) is 4.37. The highest BCUT2D eigenvalue weighted by Crippen LogP contribution is 2.30. The minimum Gasteiger partial charge on any atom is -0.436 e. The van der Waals surface area contributed by atoms with E-state index in [9.17, 15) is 0 Å². The smallest absolute Gasteiger partial charge is 0.239 e. The molecule has 1 aromatic carbocycles. The molecule has 0 atom stereocenters. The van der Waals surface area contributed by atoms with E-state index < -0.39 is 0 Å². The molecule has 1 aromatic heterocycles. The molecular formula is C11H10ClN3O. The number of halogens is 1. The molecule has 0 bridgehead atoms. The van der Waals surface area contributed by atoms with Gasteiger partial charge >= 0.3 is 0 Å². The highest BCUT2D eigenvalue weighted by molar-refractivity contribution is 6.32. The van der Waals surface area contributed by atoms with Crippen LogP contribution in [0.5, 0.6) is 11.6 Å². The van der Waals surface area contributed by atoms with Gasteiger partial charge in [0.25, 0.3) is 0 Å². The second-order valence-electron chi connectivity index (χ2n) is 3.36. The van der Waals surface area contributed by atoms with Crippen LogP contribution in [0.3, 0.4) is 0 Å². The molecule has 82 valence electrons. The molecule has 2 rings (SSSR count). The first-order valence-electron chi connectivity index (χ1n) is 4.67. The SMILES string of the molecule is Cc1cnnc(Oc2cc(N)ccc2Cl)c1. The van der Waals surface area contributed by atoms with Crippen molar-refractivity contribution in [1.29, 1.82) is 0 Å². The highest BCUT2D eigenvalue weighted by atomic mass is 35.5. The summed E-state index contributed by atoms with van der Waals surface area (Å²) in [6.45, 7) is 1.91. The van der Waals surface area contributed by atoms with E-state index in [4.69, 9.17) is 22.1 Å². The zero-order valence-electron chi connectivity index (χ0n) is 8.64. The first kappa shape index (κ1) is 10.7. The molecule has 0 aliphatic heterocycles. The van der Waals surface area contributed by atoms with Crippen molar-refractivity contribution in [3.8, 4) is 11.6 Å². The van der Waals surface area contributed by atoms with Crippen LogP contribution in [0.1, 0.15) is 5.56 Å². The third kappa shape index (κ3) is 2.41. The van der Waals surface area contributed by atoms with Gasteiger partial charge in [-0.3, -0.25) is 0 Å². The van der Waals surface area contributed by atoms with Gasteiger partial charge in [-0.05, 0) is 24.6 Å². The van der Waals surface area contributed by atoms with E-state index in [0.29, 0.717) is 22.3 Å². The summed E-state index contributed by atoms with van der Waals surface area (Å²) in [7, 11) is 0. The predicted molar refractivity (Wildman–Crippen MR) is 62.7 cm³/mol. The molecule has 1 heterocycles. The predicted octanol–water partition coefficient (Wildman–Crippen LogP) is 2.81. The average molecular weight is 236 g/mol. The van der Waals surface area contributed by atoms with E-state index in [0.717, 1.165) is 5.56 Å². The zero-order valence-corrected chi connectivity index (χ0v) is 9.40. The van der Waals surface area contributed by atoms with Gasteiger partial charge in [0.1, 0.15) is 5.75 Å². The average Bonchev–Trinajstić information content (AvgIpc) is 2.24. The fraction of sp³-hybridized carbons (Fsp3) is 0.0909. The Bertz CT molecular complexity index is 516. The van der Waals surface area contributed by atoms with Gasteiger partial charge in [-0.25, -0.2) is 0 Å². The Hall–Kier alpha value is -1.81. The highest BCUT2D eigenvalue weighted by Gasteiger charge is 2.05. The molecule has 0 amide bonds. The largest absolute Gasteiger partial charge is 0.436 e. The maximum absolute atomic E-state index is 5.96. The molecule has 4 nitrogen and oxygen atoms in total. The third-order valence-corrected chi connectivity index (χ3v) is 2.25. The van der Waals surface area contributed by atoms with E-state index in [1.165, 1.54) is 0 Å². The Labute approximate surface area is 98.0 Å². The summed E-state index contributed by atoms with van der Waals surface area (Å²) >= 11 is 5.96. The number of hydrogen-bond acceptors (Lipinski definition) is 4. The number of aryl methyl sites for hydroxylation is 1. The van der Waals surface area contributed by atoms with Gasteiger partial charge in [0.05, 0.1) is 11.2 Å². The number of ether oxygens (including phenoxy) is 1. The van der Waals surface area contributed by atoms with Crippen molar-refractivity contribution in [3.63, 3.8) is 0 Å². The van der Waals surface area contributed by atoms with E-state index >= 15 is 0 Å². The van der Waals surface area contributed by atoms with Crippen LogP contribution in [0.2, 0.25) is 5.02 Å². The number of aromatic nitrogens is 2. The van der Waals surface area contributed by atoms with Crippen molar-refractivity contribution in [2.24, 2.45) is 0 Å². The lowest BCUT2D eigenvalue weighted by Crippen LogP contribution is -1.93. The summed E-state index contributed by atoms with van der Waals surface area (Å²) < 4.78 is 5.49. The minimum absolute atomic E-state index is 0.396. The zero-order chi connectivity index (χ0) is 11.5. The molecule has 16 heavy (non-hydrogen) atoms. The lowest BCUT2D eigenvalue weighted by molar-refractivity contribution is 0.455. The number of hydrogen-bond donors (Lipinski definition) is 1. The molecule has 5 heteroatoms. The summed E-state index contributed by atoms with van der Waals surface area (Å²) in [6.07, 6.45) is 1.65. The van der Waals surface area contributed by atoms with Crippen molar-refractivity contribution in [1.82, 2.24) is 10.2 Å². The van der Waals surface area contributed by atoms with Crippen LogP contribution in [-0.4, -0.2) is 10.2 Å². The Morgan fingerprint density at radius 1 is 1.31 bits per heavy atom. The Morgan fingerprint density at radius 2 is 2.12 bits per heavy atom. The van der Waals surface area contributed by atoms with Gasteiger partial charge in [0, 0.05) is 17.8 Å². The minimum atomic E-state index is 0.396. The van der Waals surface area contributed by atoms with E-state index in [2.05, 4.69) is 10.2 Å². The topological polar surface area (TPSA) is 61.0 Å². The van der Waals surface area contributed by atoms with Crippen LogP contribution < -0.4 is 10.5 Å². The van der Waals surface area contributed by atoms with E-state index in [1.54, 1.807) is 30.5 Å². The van der Waals surface area contributed by atoms with E-state index in [-0.39, 0.29) is 0 Å². The summed E-state index contributed by atoms with van der Waals surface area (Å²) in [6, 6.07) is 6.80. The fourth-order valence-corrected chi connectivity index (χ4v) is 1.35. The van der Waals surface area contributed by atoms with Crippen LogP contribution in [0.4, 0.5) is 5.69 Å². The van der Waals surface area contributed by atoms with Crippen LogP contribution in [0.25, 0.3) is 0 Å². The first-order chi connectivity index (χ1) is 7.65. The van der Waals surface area contributed by atoms with Crippen LogP contribution in [0, 0.1) is 6.92 Å². The van der Waals surface area contributed by atoms with Crippen LogP contribution in [-0.2, 0) is 0 Å². The van der Waals surface area contributed by atoms with Gasteiger partial charge in [0.2, 0.25) is 5.88 Å². The number of nitrogen functional groups attached to an aromatic ring is 1. The van der Waals surface area contributed by atoms with Crippen molar-refractivity contribution in [3.05, 3.63) is 41.0 Å². The maximum Gasteiger partial charge on any atom is 0.239 e. The van der Waals surface area contributed by atoms with Gasteiger partial charge < -0.3 is 10.5 Å². The molecular weight excluding hydrogens is 226 g/mol. The molecule has 2 N–H and O–H groups in total. The number of nitrogens with zero attached hydrogens (tertiary/aromatic N) is 2. The molecule has 0 aliphatic rings. The van der Waals surface area contributed by atoms with Crippen molar-refractivity contribution < 1.29 is 4.74 Å². The molecule has 2 aromatic rings. The number of rotatable bonds is 2. The molecule has 0 unspecified atom stereocenters. The number of benzene rings is 1. The lowest BCUT2D eigenvalue weighted by Gasteiger charge is -2.06. The second-order valence-corrected chi connectivity index (χ2v) is 3.77. The molecule has 0 spiro atoms. The lowest BCUT2D eigenvalue weighted by atomic mass is 10.3. The molecule has 0 radical (unpaired) electrons. The normalized spacial score (nSPS) is 10.1. The van der Waals surface area contributed by atoms with Gasteiger partial charge in [-0.15, -0.1) is 5.10 Å². The standard InChI is InChI=1S/C11H10ClN3O/c1-7-4-11(15-14-6-7)16-10-5-8(13)2-3-9(10)12/h2-6H,13H2,1H3. The maximum atomic E-state index is 5.96. The van der Waals surface area contributed by atoms with Gasteiger partial charge in [-0.2, -0.15) is 5.10 Å². The molecule has 0 aliphatic carbocycles. The van der Waals surface area contributed by atoms with Crippen molar-refractivity contribution in [2.75, 3.05) is 5.73 Å². The van der Waals surface area contributed by atoms with Crippen LogP contribution in [0.15, 0.2) is 30.5 Å². The Kier molecular flexibility index (Phi) is 2.92. The Balaban J connectivity index is 2.30. The van der Waals surface area contributed by atoms with Gasteiger partial charge in [-0.1, -0.05) is 11.6 Å². The van der Waals surface area contributed by atoms with Gasteiger partial charge in [0.15, 0.2) is 0 Å². The van der Waals surface area contributed by atoms with Crippen LogP contribution >= 0.6 is 11.6 Å². The Morgan fingerprint density at radius 3 is 2.88 bits per heavy atom. The molecule has 0 saturated heterocycles. The molecule has 0 fully saturated rings. The summed E-state index contributed by atoms with van der Waals surface area (Å²) in [5.41, 5.74) is 7.18. The van der Waals surface area contributed by atoms with Crippen molar-refractivity contribution in [2.45, 2.75) is 6.92 Å². The fourth-order valence-electron chi connectivity index (χ4n) is 1.20. The summed E-state index contributed by atoms with van der Waals surface area (Å²) in [5, 5.41) is 8.10. The third-order valence-electron chi connectivity index (χ3n) is 1.94. The van der Waals surface area contributed by atoms with E-state index in [1.807, 2.05) is 6.92 Å². The summed E-state index contributed by atoms with van der Waals surface area (Å²) in [4.78, 5) is 0. The molecule has 0 saturated carbocycles. The summed E-state index contributed by atoms with van der Waals surface area (Å²) in [5.74, 6) is 0.870. The number of anilines is 1. The monoisotopic (exact) mass is 235 g/mol. The first-order valence-corrected chi connectivity index (χ1v) is 5.05.